The summed E-state index contributed by atoms with van der Waals surface area (Å²) in [5.74, 6) is 1.29. The number of hydrogen-bond donors (Lipinski definition) is 1. The average molecular weight is 513 g/mol. The van der Waals surface area contributed by atoms with Crippen molar-refractivity contribution in [1.29, 1.82) is 0 Å². The summed E-state index contributed by atoms with van der Waals surface area (Å²) in [6.07, 6.45) is 1.71. The molecule has 0 saturated carbocycles. The van der Waals surface area contributed by atoms with Crippen molar-refractivity contribution in [1.82, 2.24) is 9.88 Å². The number of hydrogen-bond acceptors (Lipinski definition) is 5. The Bertz CT molecular complexity index is 1410. The number of amides is 1. The zero-order chi connectivity index (χ0) is 26.5. The Kier molecular flexibility index (Phi) is 7.63. The molecule has 4 aromatic rings. The monoisotopic (exact) mass is 512 g/mol. The van der Waals surface area contributed by atoms with Gasteiger partial charge >= 0.3 is 5.97 Å². The van der Waals surface area contributed by atoms with Gasteiger partial charge in [0.05, 0.1) is 20.3 Å². The van der Waals surface area contributed by atoms with E-state index in [9.17, 15) is 9.59 Å². The number of H-pyrrole nitrogens is 1. The Hall–Kier alpha value is -4.26. The Morgan fingerprint density at radius 1 is 0.947 bits per heavy atom. The predicted molar refractivity (Wildman–Crippen MR) is 145 cm³/mol. The number of carbonyl (C=O) groups is 2. The molecule has 1 atom stereocenters. The largest absolute Gasteiger partial charge is 0.497 e. The molecule has 5 rings (SSSR count). The molecule has 0 bridgehead atoms. The summed E-state index contributed by atoms with van der Waals surface area (Å²) in [5, 5.41) is 1.12. The standard InChI is InChI=1S/C31H32N2O5/c1-36-24-15-16-27-26(19-24)25-17-18-33(28(34)9-6-10-29(35)37-2)31(30(25)32-27)22-11-13-23(14-12-22)38-20-21-7-4-3-5-8-21/h3-5,7-8,11-16,19,31-32H,6,9-10,17-18,20H2,1-2H3. The van der Waals surface area contributed by atoms with Crippen LogP contribution in [0.25, 0.3) is 10.9 Å². The van der Waals surface area contributed by atoms with E-state index in [1.165, 1.54) is 12.7 Å². The van der Waals surface area contributed by atoms with Crippen LogP contribution >= 0.6 is 0 Å². The Morgan fingerprint density at radius 3 is 2.45 bits per heavy atom. The molecule has 196 valence electrons. The van der Waals surface area contributed by atoms with E-state index >= 15 is 0 Å². The van der Waals surface area contributed by atoms with Gasteiger partial charge in [0.1, 0.15) is 18.1 Å². The lowest BCUT2D eigenvalue weighted by Gasteiger charge is -2.36. The SMILES string of the molecule is COC(=O)CCCC(=O)N1CCc2c([nH]c3ccc(OC)cc23)C1c1ccc(OCc2ccccc2)cc1. The molecule has 7 heteroatoms. The van der Waals surface area contributed by atoms with Crippen LogP contribution in [0, 0.1) is 0 Å². The van der Waals surface area contributed by atoms with Crippen molar-refractivity contribution in [2.45, 2.75) is 38.3 Å². The molecule has 1 aliphatic rings. The van der Waals surface area contributed by atoms with E-state index in [-0.39, 0.29) is 30.8 Å². The van der Waals surface area contributed by atoms with Gasteiger partial charge in [0.15, 0.2) is 0 Å². The first-order valence-corrected chi connectivity index (χ1v) is 12.9. The number of methoxy groups -OCH3 is 2. The third-order valence-corrected chi connectivity index (χ3v) is 7.10. The zero-order valence-corrected chi connectivity index (χ0v) is 21.7. The fourth-order valence-corrected chi connectivity index (χ4v) is 5.13. The summed E-state index contributed by atoms with van der Waals surface area (Å²) >= 11 is 0. The Labute approximate surface area is 222 Å². The summed E-state index contributed by atoms with van der Waals surface area (Å²) in [6.45, 7) is 1.08. The van der Waals surface area contributed by atoms with Crippen LogP contribution in [0.1, 0.15) is 47.7 Å². The van der Waals surface area contributed by atoms with Crippen molar-refractivity contribution < 1.29 is 23.8 Å². The van der Waals surface area contributed by atoms with Gasteiger partial charge in [0, 0.05) is 36.0 Å². The molecule has 1 aliphatic heterocycles. The second-order valence-corrected chi connectivity index (χ2v) is 9.44. The molecule has 38 heavy (non-hydrogen) atoms. The molecule has 1 amide bonds. The van der Waals surface area contributed by atoms with Gasteiger partial charge in [-0.2, -0.15) is 0 Å². The number of aromatic amines is 1. The third-order valence-electron chi connectivity index (χ3n) is 7.10. The minimum Gasteiger partial charge on any atom is -0.497 e. The summed E-state index contributed by atoms with van der Waals surface area (Å²) in [4.78, 5) is 30.5. The van der Waals surface area contributed by atoms with E-state index in [2.05, 4.69) is 11.1 Å². The van der Waals surface area contributed by atoms with E-state index in [0.717, 1.165) is 45.6 Å². The van der Waals surface area contributed by atoms with Gasteiger partial charge < -0.3 is 24.1 Å². The highest BCUT2D eigenvalue weighted by Crippen LogP contribution is 2.40. The lowest BCUT2D eigenvalue weighted by molar-refractivity contribution is -0.141. The van der Waals surface area contributed by atoms with E-state index < -0.39 is 0 Å². The number of aromatic nitrogens is 1. The Balaban J connectivity index is 1.43. The molecule has 2 heterocycles. The molecule has 1 aromatic heterocycles. The minimum atomic E-state index is -0.300. The number of esters is 1. The van der Waals surface area contributed by atoms with Crippen LogP contribution in [0.4, 0.5) is 0 Å². The van der Waals surface area contributed by atoms with E-state index in [0.29, 0.717) is 19.6 Å². The van der Waals surface area contributed by atoms with Crippen molar-refractivity contribution >= 4 is 22.8 Å². The molecular formula is C31H32N2O5. The number of carbonyl (C=O) groups excluding carboxylic acids is 2. The number of fused-ring (bicyclic) bond motifs is 3. The lowest BCUT2D eigenvalue weighted by Crippen LogP contribution is -2.40. The van der Waals surface area contributed by atoms with Crippen LogP contribution in [-0.4, -0.2) is 42.5 Å². The second kappa shape index (κ2) is 11.4. The lowest BCUT2D eigenvalue weighted by atomic mass is 9.91. The van der Waals surface area contributed by atoms with Gasteiger partial charge in [0.25, 0.3) is 0 Å². The first kappa shape index (κ1) is 25.4. The average Bonchev–Trinajstić information content (AvgIpc) is 3.34. The molecule has 0 radical (unpaired) electrons. The van der Waals surface area contributed by atoms with Gasteiger partial charge in [-0.05, 0) is 59.9 Å². The molecule has 0 aliphatic carbocycles. The van der Waals surface area contributed by atoms with Gasteiger partial charge in [-0.15, -0.1) is 0 Å². The molecule has 1 unspecified atom stereocenters. The first-order valence-electron chi connectivity index (χ1n) is 12.9. The number of rotatable bonds is 9. The van der Waals surface area contributed by atoms with Gasteiger partial charge in [-0.25, -0.2) is 0 Å². The maximum atomic E-state index is 13.4. The van der Waals surface area contributed by atoms with Crippen LogP contribution in [0.3, 0.4) is 0 Å². The second-order valence-electron chi connectivity index (χ2n) is 9.44. The quantitative estimate of drug-likeness (QED) is 0.297. The van der Waals surface area contributed by atoms with Gasteiger partial charge in [-0.1, -0.05) is 42.5 Å². The van der Waals surface area contributed by atoms with Crippen LogP contribution in [0.5, 0.6) is 11.5 Å². The van der Waals surface area contributed by atoms with Gasteiger partial charge in [0.2, 0.25) is 5.91 Å². The van der Waals surface area contributed by atoms with Crippen molar-refractivity contribution in [3.63, 3.8) is 0 Å². The highest BCUT2D eigenvalue weighted by atomic mass is 16.5. The van der Waals surface area contributed by atoms with Crippen LogP contribution in [-0.2, 0) is 27.4 Å². The highest BCUT2D eigenvalue weighted by molar-refractivity contribution is 5.88. The number of ether oxygens (including phenoxy) is 3. The Morgan fingerprint density at radius 2 is 1.71 bits per heavy atom. The van der Waals surface area contributed by atoms with Crippen LogP contribution in [0.15, 0.2) is 72.8 Å². The van der Waals surface area contributed by atoms with E-state index in [1.807, 2.05) is 71.6 Å². The molecule has 7 nitrogen and oxygen atoms in total. The fraction of sp³-hybridized carbons (Fsp3) is 0.290. The van der Waals surface area contributed by atoms with Gasteiger partial charge in [-0.3, -0.25) is 9.59 Å². The molecule has 1 N–H and O–H groups in total. The zero-order valence-electron chi connectivity index (χ0n) is 21.7. The molecule has 0 fully saturated rings. The molecule has 3 aromatic carbocycles. The molecular weight excluding hydrogens is 480 g/mol. The molecule has 0 spiro atoms. The topological polar surface area (TPSA) is 80.9 Å². The smallest absolute Gasteiger partial charge is 0.305 e. The van der Waals surface area contributed by atoms with Crippen LogP contribution < -0.4 is 9.47 Å². The maximum absolute atomic E-state index is 13.4. The summed E-state index contributed by atoms with van der Waals surface area (Å²) in [6, 6.07) is 23.8. The van der Waals surface area contributed by atoms with Crippen molar-refractivity contribution in [2.75, 3.05) is 20.8 Å². The first-order chi connectivity index (χ1) is 18.6. The van der Waals surface area contributed by atoms with Crippen molar-refractivity contribution in [2.24, 2.45) is 0 Å². The van der Waals surface area contributed by atoms with E-state index in [4.69, 9.17) is 14.2 Å². The summed E-state index contributed by atoms with van der Waals surface area (Å²) < 4.78 is 16.2. The van der Waals surface area contributed by atoms with Crippen molar-refractivity contribution in [3.05, 3.63) is 95.2 Å². The van der Waals surface area contributed by atoms with Crippen LogP contribution in [0.2, 0.25) is 0 Å². The highest BCUT2D eigenvalue weighted by Gasteiger charge is 2.34. The number of nitrogens with one attached hydrogen (secondary N) is 1. The fourth-order valence-electron chi connectivity index (χ4n) is 5.13. The number of nitrogens with zero attached hydrogens (tertiary/aromatic N) is 1. The third kappa shape index (κ3) is 5.37. The predicted octanol–water partition coefficient (Wildman–Crippen LogP) is 5.57. The molecule has 0 saturated heterocycles. The number of benzene rings is 3. The van der Waals surface area contributed by atoms with Crippen molar-refractivity contribution in [3.8, 4) is 11.5 Å². The summed E-state index contributed by atoms with van der Waals surface area (Å²) in [7, 11) is 3.03. The normalized spacial score (nSPS) is 14.7. The summed E-state index contributed by atoms with van der Waals surface area (Å²) in [5.41, 5.74) is 5.33. The van der Waals surface area contributed by atoms with E-state index in [1.54, 1.807) is 7.11 Å². The minimum absolute atomic E-state index is 0.0187. The maximum Gasteiger partial charge on any atom is 0.305 e.